The number of hydrogen-bond acceptors (Lipinski definition) is 6. The van der Waals surface area contributed by atoms with Crippen LogP contribution in [0.2, 0.25) is 0 Å². The van der Waals surface area contributed by atoms with Crippen molar-refractivity contribution in [2.45, 2.75) is 19.4 Å². The molecule has 0 radical (unpaired) electrons. The van der Waals surface area contributed by atoms with Gasteiger partial charge in [0.2, 0.25) is 5.91 Å². The van der Waals surface area contributed by atoms with Crippen molar-refractivity contribution in [3.63, 3.8) is 0 Å². The number of carbonyl (C=O) groups is 3. The van der Waals surface area contributed by atoms with E-state index in [0.29, 0.717) is 35.4 Å². The smallest absolute Gasteiger partial charge is 0.337 e. The quantitative estimate of drug-likeness (QED) is 0.487. The van der Waals surface area contributed by atoms with Crippen molar-refractivity contribution in [2.24, 2.45) is 0 Å². The van der Waals surface area contributed by atoms with E-state index >= 15 is 0 Å². The van der Waals surface area contributed by atoms with Crippen molar-refractivity contribution in [2.75, 3.05) is 19.5 Å². The van der Waals surface area contributed by atoms with E-state index in [0.717, 1.165) is 5.56 Å². The monoisotopic (exact) mass is 447 g/mol. The number of amides is 2. The van der Waals surface area contributed by atoms with Crippen molar-refractivity contribution in [1.82, 2.24) is 10.3 Å². The maximum absolute atomic E-state index is 12.7. The molecule has 0 atom stereocenters. The first-order valence-electron chi connectivity index (χ1n) is 10.3. The van der Waals surface area contributed by atoms with Gasteiger partial charge in [0.1, 0.15) is 5.75 Å². The van der Waals surface area contributed by atoms with Crippen molar-refractivity contribution >= 4 is 23.5 Å². The topological polar surface area (TPSA) is 107 Å². The van der Waals surface area contributed by atoms with Gasteiger partial charge in [-0.05, 0) is 60.0 Å². The molecule has 8 nitrogen and oxygen atoms in total. The zero-order valence-corrected chi connectivity index (χ0v) is 18.5. The number of esters is 1. The molecule has 170 valence electrons. The summed E-state index contributed by atoms with van der Waals surface area (Å²) >= 11 is 0. The zero-order chi connectivity index (χ0) is 23.6. The third-order valence-electron chi connectivity index (χ3n) is 4.86. The first kappa shape index (κ1) is 23.5. The van der Waals surface area contributed by atoms with Crippen LogP contribution in [0.15, 0.2) is 67.0 Å². The molecule has 0 bridgehead atoms. The first-order chi connectivity index (χ1) is 16.0. The lowest BCUT2D eigenvalue weighted by Crippen LogP contribution is -2.23. The van der Waals surface area contributed by atoms with Crippen molar-refractivity contribution in [1.29, 1.82) is 0 Å². The molecule has 0 spiro atoms. The minimum atomic E-state index is -0.545. The standard InChI is InChI=1S/C25H25N3O5/c1-32-22-7-3-6-19(14-22)24(30)28-21-12-18(11-20(13-21)25(31)33-2)16-27-23(29)9-8-17-5-4-10-26-15-17/h3-7,10-15H,8-9,16H2,1-2H3,(H,27,29)(H,28,30). The average molecular weight is 447 g/mol. The van der Waals surface area contributed by atoms with E-state index in [1.54, 1.807) is 48.8 Å². The molecule has 33 heavy (non-hydrogen) atoms. The minimum absolute atomic E-state index is 0.135. The van der Waals surface area contributed by atoms with Crippen LogP contribution in [0.4, 0.5) is 5.69 Å². The Morgan fingerprint density at radius 1 is 0.939 bits per heavy atom. The fourth-order valence-electron chi connectivity index (χ4n) is 3.16. The third kappa shape index (κ3) is 6.90. The summed E-state index contributed by atoms with van der Waals surface area (Å²) in [6.45, 7) is 0.193. The van der Waals surface area contributed by atoms with Gasteiger partial charge in [0.15, 0.2) is 0 Å². The number of aromatic nitrogens is 1. The second kappa shape index (κ2) is 11.4. The summed E-state index contributed by atoms with van der Waals surface area (Å²) in [6.07, 6.45) is 4.29. The van der Waals surface area contributed by atoms with E-state index in [4.69, 9.17) is 9.47 Å². The number of hydrogen-bond donors (Lipinski definition) is 2. The average Bonchev–Trinajstić information content (AvgIpc) is 2.86. The molecule has 0 saturated heterocycles. The van der Waals surface area contributed by atoms with Gasteiger partial charge < -0.3 is 20.1 Å². The van der Waals surface area contributed by atoms with Gasteiger partial charge in [-0.1, -0.05) is 12.1 Å². The number of anilines is 1. The highest BCUT2D eigenvalue weighted by atomic mass is 16.5. The van der Waals surface area contributed by atoms with Crippen molar-refractivity contribution in [3.8, 4) is 5.75 Å². The molecule has 0 saturated carbocycles. The summed E-state index contributed by atoms with van der Waals surface area (Å²) in [6, 6.07) is 15.3. The summed E-state index contributed by atoms with van der Waals surface area (Å²) in [4.78, 5) is 41.1. The van der Waals surface area contributed by atoms with Crippen LogP contribution in [0, 0.1) is 0 Å². The van der Waals surface area contributed by atoms with Gasteiger partial charge in [0.25, 0.3) is 5.91 Å². The van der Waals surface area contributed by atoms with E-state index < -0.39 is 5.97 Å². The Morgan fingerprint density at radius 3 is 2.52 bits per heavy atom. The zero-order valence-electron chi connectivity index (χ0n) is 18.5. The van der Waals surface area contributed by atoms with Gasteiger partial charge in [0.05, 0.1) is 19.8 Å². The number of nitrogens with one attached hydrogen (secondary N) is 2. The Labute approximate surface area is 191 Å². The molecule has 0 unspecified atom stereocenters. The first-order valence-corrected chi connectivity index (χ1v) is 10.3. The molecule has 0 aliphatic heterocycles. The van der Waals surface area contributed by atoms with Crippen molar-refractivity contribution < 1.29 is 23.9 Å². The van der Waals surface area contributed by atoms with Gasteiger partial charge in [-0.15, -0.1) is 0 Å². The van der Waals surface area contributed by atoms with E-state index in [1.165, 1.54) is 20.3 Å². The van der Waals surface area contributed by atoms with Crippen LogP contribution in [0.1, 0.15) is 38.3 Å². The third-order valence-corrected chi connectivity index (χ3v) is 4.86. The Morgan fingerprint density at radius 2 is 1.79 bits per heavy atom. The second-order valence-corrected chi connectivity index (χ2v) is 7.23. The summed E-state index contributed by atoms with van der Waals surface area (Å²) in [5, 5.41) is 5.62. The largest absolute Gasteiger partial charge is 0.497 e. The summed E-state index contributed by atoms with van der Waals surface area (Å²) in [5.41, 5.74) is 2.70. The summed E-state index contributed by atoms with van der Waals surface area (Å²) in [7, 11) is 2.80. The number of methoxy groups -OCH3 is 2. The minimum Gasteiger partial charge on any atom is -0.497 e. The molecule has 1 heterocycles. The van der Waals surface area contributed by atoms with Gasteiger partial charge >= 0.3 is 5.97 Å². The van der Waals surface area contributed by atoms with E-state index in [9.17, 15) is 14.4 Å². The van der Waals surface area contributed by atoms with E-state index in [-0.39, 0.29) is 23.9 Å². The Kier molecular flexibility index (Phi) is 8.13. The van der Waals surface area contributed by atoms with Gasteiger partial charge in [-0.25, -0.2) is 4.79 Å². The number of benzene rings is 2. The molecule has 2 aromatic carbocycles. The molecule has 0 aliphatic rings. The molecule has 8 heteroatoms. The number of carbonyl (C=O) groups excluding carboxylic acids is 3. The molecule has 1 aromatic heterocycles. The lowest BCUT2D eigenvalue weighted by Gasteiger charge is -2.12. The highest BCUT2D eigenvalue weighted by molar-refractivity contribution is 6.05. The van der Waals surface area contributed by atoms with Gasteiger partial charge in [-0.3, -0.25) is 14.6 Å². The normalized spacial score (nSPS) is 10.2. The maximum atomic E-state index is 12.7. The Hall–Kier alpha value is -4.20. The number of nitrogens with zero attached hydrogens (tertiary/aromatic N) is 1. The molecule has 0 aliphatic carbocycles. The molecular weight excluding hydrogens is 422 g/mol. The van der Waals surface area contributed by atoms with E-state index in [1.807, 2.05) is 12.1 Å². The molecule has 3 rings (SSSR count). The van der Waals surface area contributed by atoms with E-state index in [2.05, 4.69) is 15.6 Å². The van der Waals surface area contributed by atoms with Crippen molar-refractivity contribution in [3.05, 3.63) is 89.2 Å². The number of ether oxygens (including phenoxy) is 2. The van der Waals surface area contributed by atoms with Gasteiger partial charge in [0, 0.05) is 36.6 Å². The second-order valence-electron chi connectivity index (χ2n) is 7.23. The number of aryl methyl sites for hydroxylation is 1. The van der Waals surface area contributed by atoms with Gasteiger partial charge in [-0.2, -0.15) is 0 Å². The predicted octanol–water partition coefficient (Wildman–Crippen LogP) is 3.38. The highest BCUT2D eigenvalue weighted by Gasteiger charge is 2.13. The van der Waals surface area contributed by atoms with Crippen LogP contribution in [0.3, 0.4) is 0 Å². The van der Waals surface area contributed by atoms with Crippen LogP contribution in [0.5, 0.6) is 5.75 Å². The lowest BCUT2D eigenvalue weighted by atomic mass is 10.1. The molecule has 3 aromatic rings. The molecule has 2 N–H and O–H groups in total. The Bertz CT molecular complexity index is 1130. The predicted molar refractivity (Wildman–Crippen MR) is 123 cm³/mol. The number of pyridine rings is 1. The fourth-order valence-corrected chi connectivity index (χ4v) is 3.16. The molecule has 2 amide bonds. The SMILES string of the molecule is COC(=O)c1cc(CNC(=O)CCc2cccnc2)cc(NC(=O)c2cccc(OC)c2)c1. The highest BCUT2D eigenvalue weighted by Crippen LogP contribution is 2.19. The van der Waals surface area contributed by atoms with Crippen LogP contribution in [0.25, 0.3) is 0 Å². The molecule has 0 fully saturated rings. The van der Waals surface area contributed by atoms with Crippen LogP contribution >= 0.6 is 0 Å². The summed E-state index contributed by atoms with van der Waals surface area (Å²) in [5.74, 6) is -0.482. The van der Waals surface area contributed by atoms with Crippen LogP contribution in [-0.4, -0.2) is 37.0 Å². The summed E-state index contributed by atoms with van der Waals surface area (Å²) < 4.78 is 9.97. The maximum Gasteiger partial charge on any atom is 0.337 e. The van der Waals surface area contributed by atoms with Crippen LogP contribution < -0.4 is 15.4 Å². The van der Waals surface area contributed by atoms with Crippen LogP contribution in [-0.2, 0) is 22.5 Å². The number of rotatable bonds is 9. The molecular formula is C25H25N3O5. The lowest BCUT2D eigenvalue weighted by molar-refractivity contribution is -0.121. The Balaban J connectivity index is 1.69. The fraction of sp³-hybridized carbons (Fsp3) is 0.200.